The van der Waals surface area contributed by atoms with Gasteiger partial charge in [0.25, 0.3) is 0 Å². The molecule has 3 aromatic heterocycles. The predicted octanol–water partition coefficient (Wildman–Crippen LogP) is 5.55. The van der Waals surface area contributed by atoms with Crippen molar-refractivity contribution in [1.82, 2.24) is 29.7 Å². The van der Waals surface area contributed by atoms with E-state index in [1.807, 2.05) is 20.0 Å². The van der Waals surface area contributed by atoms with Crippen LogP contribution in [0.1, 0.15) is 85.8 Å². The lowest BCUT2D eigenvalue weighted by molar-refractivity contribution is -0.193. The molecule has 2 aliphatic carbocycles. The lowest BCUT2D eigenvalue weighted by Gasteiger charge is -2.28. The molecule has 10 heteroatoms. The fourth-order valence-corrected chi connectivity index (χ4v) is 4.30. The van der Waals surface area contributed by atoms with Crippen LogP contribution >= 0.6 is 0 Å². The van der Waals surface area contributed by atoms with Gasteiger partial charge in [0.2, 0.25) is 0 Å². The molecule has 1 aliphatic heterocycles. The maximum Gasteiger partial charge on any atom is 0.391 e. The molecule has 0 bridgehead atoms. The van der Waals surface area contributed by atoms with E-state index in [1.165, 1.54) is 12.8 Å². The molecule has 182 valence electrons. The first-order valence-corrected chi connectivity index (χ1v) is 12.0. The van der Waals surface area contributed by atoms with Crippen LogP contribution in [-0.4, -0.2) is 42.5 Å². The van der Waals surface area contributed by atoms with Crippen LogP contribution in [0.3, 0.4) is 0 Å². The molecule has 3 aromatic rings. The molecule has 34 heavy (non-hydrogen) atoms. The molecule has 0 spiro atoms. The average molecular weight is 475 g/mol. The van der Waals surface area contributed by atoms with E-state index in [2.05, 4.69) is 30.9 Å². The Kier molecular flexibility index (Phi) is 6.26. The number of alkyl halides is 3. The third-order valence-electron chi connectivity index (χ3n) is 6.99. The summed E-state index contributed by atoms with van der Waals surface area (Å²) in [5.74, 6) is 0.145. The van der Waals surface area contributed by atoms with E-state index in [-0.39, 0.29) is 12.0 Å². The number of fused-ring (bicyclic) bond motifs is 1. The second kappa shape index (κ2) is 9.20. The highest BCUT2D eigenvalue weighted by atomic mass is 19.4. The minimum atomic E-state index is -3.90. The summed E-state index contributed by atoms with van der Waals surface area (Å²) >= 11 is 0. The average Bonchev–Trinajstić information content (AvgIpc) is 3.49. The van der Waals surface area contributed by atoms with Crippen molar-refractivity contribution in [3.8, 4) is 0 Å². The van der Waals surface area contributed by atoms with Gasteiger partial charge in [-0.2, -0.15) is 18.3 Å². The number of rotatable bonds is 3. The summed E-state index contributed by atoms with van der Waals surface area (Å²) in [5.41, 5.74) is 4.44. The summed E-state index contributed by atoms with van der Waals surface area (Å²) in [5, 5.41) is 4.50. The number of ether oxygens (including phenoxy) is 1. The number of hydrogen-bond donors (Lipinski definition) is 0. The molecule has 0 amide bonds. The van der Waals surface area contributed by atoms with Gasteiger partial charge in [0.05, 0.1) is 41.8 Å². The van der Waals surface area contributed by atoms with E-state index < -0.39 is 12.1 Å². The Bertz CT molecular complexity index is 1160. The summed E-state index contributed by atoms with van der Waals surface area (Å²) in [6.07, 6.45) is 7.78. The Morgan fingerprint density at radius 2 is 1.74 bits per heavy atom. The van der Waals surface area contributed by atoms with Crippen molar-refractivity contribution in [3.05, 3.63) is 41.4 Å². The minimum Gasteiger partial charge on any atom is -0.373 e. The number of nitrogens with zero attached hydrogens (tertiary/aromatic N) is 6. The second-order valence-electron chi connectivity index (χ2n) is 9.57. The van der Waals surface area contributed by atoms with Gasteiger partial charge in [-0.1, -0.05) is 6.42 Å². The highest BCUT2D eigenvalue weighted by Gasteiger charge is 2.42. The van der Waals surface area contributed by atoms with E-state index in [0.717, 1.165) is 47.6 Å². The van der Waals surface area contributed by atoms with Crippen LogP contribution in [0.15, 0.2) is 18.6 Å². The highest BCUT2D eigenvalue weighted by Crippen LogP contribution is 2.40. The number of aryl methyl sites for hydroxylation is 2. The normalized spacial score (nSPS) is 23.3. The van der Waals surface area contributed by atoms with E-state index in [1.54, 1.807) is 6.20 Å². The van der Waals surface area contributed by atoms with Crippen molar-refractivity contribution in [2.75, 3.05) is 6.61 Å². The molecule has 7 nitrogen and oxygen atoms in total. The Labute approximate surface area is 196 Å². The quantitative estimate of drug-likeness (QED) is 0.495. The zero-order valence-corrected chi connectivity index (χ0v) is 19.4. The molecule has 6 rings (SSSR count). The van der Waals surface area contributed by atoms with Gasteiger partial charge in [-0.25, -0.2) is 19.9 Å². The Morgan fingerprint density at radius 3 is 2.38 bits per heavy atom. The van der Waals surface area contributed by atoms with E-state index in [0.29, 0.717) is 31.1 Å². The maximum atomic E-state index is 11.5. The second-order valence-corrected chi connectivity index (χ2v) is 9.57. The summed E-state index contributed by atoms with van der Waals surface area (Å²) in [6.45, 7) is 4.63. The fourth-order valence-electron chi connectivity index (χ4n) is 4.30. The van der Waals surface area contributed by atoms with Crippen molar-refractivity contribution in [2.45, 2.75) is 83.0 Å². The first-order valence-electron chi connectivity index (χ1n) is 12.0. The molecule has 0 N–H and O–H groups in total. The van der Waals surface area contributed by atoms with Gasteiger partial charge in [-0.3, -0.25) is 4.68 Å². The van der Waals surface area contributed by atoms with Crippen LogP contribution in [0, 0.1) is 19.8 Å². The molecule has 4 heterocycles. The van der Waals surface area contributed by atoms with Crippen molar-refractivity contribution in [1.29, 1.82) is 0 Å². The Morgan fingerprint density at radius 1 is 0.971 bits per heavy atom. The van der Waals surface area contributed by atoms with Crippen LogP contribution in [0.4, 0.5) is 13.2 Å². The molecule has 0 aromatic carbocycles. The van der Waals surface area contributed by atoms with Gasteiger partial charge in [0, 0.05) is 24.3 Å². The largest absolute Gasteiger partial charge is 0.391 e. The van der Waals surface area contributed by atoms with Gasteiger partial charge < -0.3 is 4.74 Å². The lowest BCUT2D eigenvalue weighted by atomic mass is 9.85. The minimum absolute atomic E-state index is 0.0615. The van der Waals surface area contributed by atoms with Crippen molar-refractivity contribution in [2.24, 2.45) is 5.92 Å². The molecule has 0 radical (unpaired) electrons. The highest BCUT2D eigenvalue weighted by molar-refractivity contribution is 5.68. The molecule has 1 unspecified atom stereocenters. The Hall–Kier alpha value is -2.62. The van der Waals surface area contributed by atoms with Crippen LogP contribution in [-0.2, 0) is 4.74 Å². The number of hydrogen-bond acceptors (Lipinski definition) is 6. The molecule has 3 aliphatic rings. The summed E-state index contributed by atoms with van der Waals surface area (Å²) in [7, 11) is 0. The zero-order chi connectivity index (χ0) is 23.9. The Balaban J connectivity index is 0.000000257. The lowest BCUT2D eigenvalue weighted by Crippen LogP contribution is -2.28. The van der Waals surface area contributed by atoms with E-state index >= 15 is 0 Å². The topological polar surface area (TPSA) is 78.6 Å². The van der Waals surface area contributed by atoms with Gasteiger partial charge in [-0.05, 0) is 52.4 Å². The summed E-state index contributed by atoms with van der Waals surface area (Å²) in [6, 6.07) is 0.595. The summed E-state index contributed by atoms with van der Waals surface area (Å²) in [4.78, 5) is 18.4. The van der Waals surface area contributed by atoms with Gasteiger partial charge >= 0.3 is 6.18 Å². The predicted molar refractivity (Wildman–Crippen MR) is 119 cm³/mol. The fraction of sp³-hybridized carbons (Fsp3) is 0.625. The van der Waals surface area contributed by atoms with E-state index in [9.17, 15) is 13.2 Å². The third-order valence-corrected chi connectivity index (χ3v) is 6.99. The van der Waals surface area contributed by atoms with Crippen LogP contribution in [0.5, 0.6) is 0 Å². The maximum absolute atomic E-state index is 11.5. The molecular weight excluding hydrogens is 445 g/mol. The van der Waals surface area contributed by atoms with Gasteiger partial charge in [-0.15, -0.1) is 0 Å². The molecule has 3 fully saturated rings. The van der Waals surface area contributed by atoms with Crippen LogP contribution in [0.25, 0.3) is 11.2 Å². The zero-order valence-electron chi connectivity index (χ0n) is 19.4. The molecule has 2 atom stereocenters. The molecular formula is C24H29F3N6O. The van der Waals surface area contributed by atoms with Crippen molar-refractivity contribution < 1.29 is 17.9 Å². The first kappa shape index (κ1) is 23.1. The van der Waals surface area contributed by atoms with Crippen LogP contribution in [0.2, 0.25) is 0 Å². The van der Waals surface area contributed by atoms with E-state index in [4.69, 9.17) is 9.72 Å². The molecule has 2 saturated carbocycles. The van der Waals surface area contributed by atoms with Crippen molar-refractivity contribution in [3.63, 3.8) is 0 Å². The standard InChI is InChI=1S/C19H22N6O.C5H7F3/c1-11-12(2)23-19-16(22-11)9-20-18(24-19)13-5-6-26-17(7-13)14-8-21-25(10-14)15-3-4-15;6-5(7,8)4-2-1-3-4/h8-10,13,15,17H,3-7H2,1-2H3;4H,1-3H2/t13?,17-;/m1./s1. The first-order chi connectivity index (χ1) is 16.3. The van der Waals surface area contributed by atoms with Crippen molar-refractivity contribution >= 4 is 11.2 Å². The van der Waals surface area contributed by atoms with Gasteiger partial charge in [0.15, 0.2) is 5.65 Å². The SMILES string of the molecule is Cc1nc2cnc(C3CCO[C@@H](c4cnn(C5CC5)c4)C3)nc2nc1C.FC(F)(F)C1CCC1. The number of halogens is 3. The van der Waals surface area contributed by atoms with Gasteiger partial charge in [0.1, 0.15) is 11.3 Å². The third kappa shape index (κ3) is 5.06. The number of aromatic nitrogens is 6. The van der Waals surface area contributed by atoms with Crippen LogP contribution < -0.4 is 0 Å². The molecule has 1 saturated heterocycles. The summed E-state index contributed by atoms with van der Waals surface area (Å²) < 4.78 is 42.6. The monoisotopic (exact) mass is 474 g/mol. The smallest absolute Gasteiger partial charge is 0.373 e.